The summed E-state index contributed by atoms with van der Waals surface area (Å²) in [4.78, 5) is 10.3. The molecule has 0 aromatic rings. The first-order chi connectivity index (χ1) is 7.20. The lowest BCUT2D eigenvalue weighted by molar-refractivity contribution is 0.193. The van der Waals surface area contributed by atoms with Gasteiger partial charge in [0.2, 0.25) is 0 Å². The Morgan fingerprint density at radius 3 is 2.53 bits per heavy atom. The van der Waals surface area contributed by atoms with E-state index in [1.807, 2.05) is 50.3 Å². The predicted molar refractivity (Wildman–Crippen MR) is 62.9 cm³/mol. The SMILES string of the molecule is C/C=C/C=C/C=C/C(CC)CNC(=O)O. The number of hydrogen-bond acceptors (Lipinski definition) is 1. The van der Waals surface area contributed by atoms with Crippen LogP contribution in [0.15, 0.2) is 36.5 Å². The number of rotatable bonds is 6. The van der Waals surface area contributed by atoms with E-state index in [-0.39, 0.29) is 5.92 Å². The van der Waals surface area contributed by atoms with Gasteiger partial charge in [0, 0.05) is 6.54 Å². The molecule has 0 bridgehead atoms. The van der Waals surface area contributed by atoms with Gasteiger partial charge in [-0.3, -0.25) is 0 Å². The smallest absolute Gasteiger partial charge is 0.404 e. The third-order valence-electron chi connectivity index (χ3n) is 1.95. The summed E-state index contributed by atoms with van der Waals surface area (Å²) >= 11 is 0. The minimum atomic E-state index is -0.966. The van der Waals surface area contributed by atoms with Crippen LogP contribution in [0.3, 0.4) is 0 Å². The summed E-state index contributed by atoms with van der Waals surface area (Å²) in [5.74, 6) is 0.261. The topological polar surface area (TPSA) is 49.3 Å². The Kier molecular flexibility index (Phi) is 8.15. The number of nitrogens with one attached hydrogen (secondary N) is 1. The van der Waals surface area contributed by atoms with Gasteiger partial charge in [-0.05, 0) is 19.3 Å². The standard InChI is InChI=1S/C12H19NO2/c1-3-5-6-7-8-9-11(4-2)10-13-12(14)15/h3,5-9,11,13H,4,10H2,1-2H3,(H,14,15)/b5-3+,7-6+,9-8+. The van der Waals surface area contributed by atoms with Crippen LogP contribution in [0.25, 0.3) is 0 Å². The van der Waals surface area contributed by atoms with Crippen LogP contribution in [0.2, 0.25) is 0 Å². The zero-order valence-corrected chi connectivity index (χ0v) is 9.31. The fourth-order valence-corrected chi connectivity index (χ4v) is 1.03. The summed E-state index contributed by atoms with van der Waals surface area (Å²) in [5, 5.41) is 10.8. The van der Waals surface area contributed by atoms with E-state index in [0.717, 1.165) is 6.42 Å². The maximum absolute atomic E-state index is 10.3. The van der Waals surface area contributed by atoms with Crippen molar-refractivity contribution in [3.8, 4) is 0 Å². The Balaban J connectivity index is 3.92. The lowest BCUT2D eigenvalue weighted by atomic mass is 10.1. The number of allylic oxidation sites excluding steroid dienone is 5. The van der Waals surface area contributed by atoms with Gasteiger partial charge >= 0.3 is 6.09 Å². The minimum Gasteiger partial charge on any atom is -0.465 e. The highest BCUT2D eigenvalue weighted by atomic mass is 16.4. The molecule has 2 N–H and O–H groups in total. The van der Waals surface area contributed by atoms with E-state index in [4.69, 9.17) is 5.11 Å². The van der Waals surface area contributed by atoms with E-state index in [1.165, 1.54) is 0 Å². The molecule has 0 fully saturated rings. The Morgan fingerprint density at radius 2 is 2.00 bits per heavy atom. The zero-order valence-electron chi connectivity index (χ0n) is 9.31. The van der Waals surface area contributed by atoms with Crippen LogP contribution in [0.5, 0.6) is 0 Å². The summed E-state index contributed by atoms with van der Waals surface area (Å²) in [6, 6.07) is 0. The average molecular weight is 209 g/mol. The van der Waals surface area contributed by atoms with Gasteiger partial charge in [0.25, 0.3) is 0 Å². The molecule has 0 saturated heterocycles. The Hall–Kier alpha value is -1.51. The molecule has 0 rings (SSSR count). The maximum Gasteiger partial charge on any atom is 0.404 e. The van der Waals surface area contributed by atoms with Crippen molar-refractivity contribution in [3.63, 3.8) is 0 Å². The second-order valence-corrected chi connectivity index (χ2v) is 3.15. The fraction of sp³-hybridized carbons (Fsp3) is 0.417. The molecule has 0 aromatic carbocycles. The predicted octanol–water partition coefficient (Wildman–Crippen LogP) is 2.97. The van der Waals surface area contributed by atoms with Crippen molar-refractivity contribution < 1.29 is 9.90 Å². The van der Waals surface area contributed by atoms with Crippen molar-refractivity contribution in [1.82, 2.24) is 5.32 Å². The molecular formula is C12H19NO2. The van der Waals surface area contributed by atoms with Crippen LogP contribution in [0.1, 0.15) is 20.3 Å². The molecule has 15 heavy (non-hydrogen) atoms. The molecule has 0 radical (unpaired) electrons. The maximum atomic E-state index is 10.3. The van der Waals surface area contributed by atoms with Crippen LogP contribution in [-0.2, 0) is 0 Å². The van der Waals surface area contributed by atoms with E-state index >= 15 is 0 Å². The van der Waals surface area contributed by atoms with Crippen molar-refractivity contribution in [1.29, 1.82) is 0 Å². The molecule has 3 nitrogen and oxygen atoms in total. The van der Waals surface area contributed by atoms with E-state index in [2.05, 4.69) is 5.32 Å². The Bertz CT molecular complexity index is 254. The highest BCUT2D eigenvalue weighted by molar-refractivity contribution is 5.64. The van der Waals surface area contributed by atoms with Crippen LogP contribution >= 0.6 is 0 Å². The van der Waals surface area contributed by atoms with Crippen LogP contribution in [0, 0.1) is 5.92 Å². The van der Waals surface area contributed by atoms with Gasteiger partial charge in [-0.25, -0.2) is 4.79 Å². The van der Waals surface area contributed by atoms with Crippen LogP contribution in [0.4, 0.5) is 4.79 Å². The zero-order chi connectivity index (χ0) is 11.5. The van der Waals surface area contributed by atoms with Gasteiger partial charge in [0.15, 0.2) is 0 Å². The first-order valence-electron chi connectivity index (χ1n) is 5.13. The monoisotopic (exact) mass is 209 g/mol. The molecule has 3 heteroatoms. The van der Waals surface area contributed by atoms with Crippen molar-refractivity contribution in [2.75, 3.05) is 6.54 Å². The highest BCUT2D eigenvalue weighted by Gasteiger charge is 2.02. The third kappa shape index (κ3) is 8.81. The van der Waals surface area contributed by atoms with E-state index in [0.29, 0.717) is 6.54 Å². The van der Waals surface area contributed by atoms with Crippen molar-refractivity contribution >= 4 is 6.09 Å². The van der Waals surface area contributed by atoms with Gasteiger partial charge in [-0.2, -0.15) is 0 Å². The second kappa shape index (κ2) is 9.06. The molecule has 0 heterocycles. The van der Waals surface area contributed by atoms with Gasteiger partial charge < -0.3 is 10.4 Å². The Labute approximate surface area is 91.2 Å². The van der Waals surface area contributed by atoms with Crippen molar-refractivity contribution in [2.45, 2.75) is 20.3 Å². The molecule has 0 spiro atoms. The van der Waals surface area contributed by atoms with E-state index in [1.54, 1.807) is 0 Å². The summed E-state index contributed by atoms with van der Waals surface area (Å²) in [6.07, 6.45) is 11.7. The highest BCUT2D eigenvalue weighted by Crippen LogP contribution is 2.02. The first kappa shape index (κ1) is 13.5. The molecule has 0 saturated carbocycles. The molecule has 1 amide bonds. The largest absolute Gasteiger partial charge is 0.465 e. The number of carboxylic acid groups (broad SMARTS) is 1. The molecule has 0 aliphatic heterocycles. The van der Waals surface area contributed by atoms with Gasteiger partial charge in [0.1, 0.15) is 0 Å². The van der Waals surface area contributed by atoms with Gasteiger partial charge in [-0.15, -0.1) is 0 Å². The summed E-state index contributed by atoms with van der Waals surface area (Å²) in [7, 11) is 0. The molecule has 0 aromatic heterocycles. The third-order valence-corrected chi connectivity index (χ3v) is 1.95. The molecule has 1 atom stereocenters. The Morgan fingerprint density at radius 1 is 1.33 bits per heavy atom. The molecule has 1 unspecified atom stereocenters. The summed E-state index contributed by atoms with van der Waals surface area (Å²) in [6.45, 7) is 4.47. The van der Waals surface area contributed by atoms with Crippen molar-refractivity contribution in [2.24, 2.45) is 5.92 Å². The van der Waals surface area contributed by atoms with Gasteiger partial charge in [-0.1, -0.05) is 43.4 Å². The number of carbonyl (C=O) groups is 1. The quantitative estimate of drug-likeness (QED) is 0.661. The van der Waals surface area contributed by atoms with E-state index in [9.17, 15) is 4.79 Å². The average Bonchev–Trinajstić information content (AvgIpc) is 2.22. The number of hydrogen-bond donors (Lipinski definition) is 2. The lowest BCUT2D eigenvalue weighted by Crippen LogP contribution is -2.26. The summed E-state index contributed by atoms with van der Waals surface area (Å²) in [5.41, 5.74) is 0. The van der Waals surface area contributed by atoms with Crippen molar-refractivity contribution in [3.05, 3.63) is 36.5 Å². The second-order valence-electron chi connectivity index (χ2n) is 3.15. The molecular weight excluding hydrogens is 190 g/mol. The van der Waals surface area contributed by atoms with E-state index < -0.39 is 6.09 Å². The van der Waals surface area contributed by atoms with Gasteiger partial charge in [0.05, 0.1) is 0 Å². The first-order valence-corrected chi connectivity index (χ1v) is 5.13. The molecule has 0 aliphatic rings. The molecule has 0 aliphatic carbocycles. The number of amides is 1. The lowest BCUT2D eigenvalue weighted by Gasteiger charge is -2.08. The minimum absolute atomic E-state index is 0.261. The summed E-state index contributed by atoms with van der Waals surface area (Å²) < 4.78 is 0. The molecule has 84 valence electrons. The fourth-order valence-electron chi connectivity index (χ4n) is 1.03. The van der Waals surface area contributed by atoms with Crippen LogP contribution < -0.4 is 5.32 Å². The normalized spacial score (nSPS) is 14.0. The van der Waals surface area contributed by atoms with Crippen LogP contribution in [-0.4, -0.2) is 17.7 Å².